The zero-order chi connectivity index (χ0) is 22.2. The highest BCUT2D eigenvalue weighted by Crippen LogP contribution is 2.43. The molecule has 0 bridgehead atoms. The first-order valence-corrected chi connectivity index (χ1v) is 11.5. The molecule has 0 aliphatic heterocycles. The smallest absolute Gasteiger partial charge is 0.223 e. The first-order valence-electron chi connectivity index (χ1n) is 10.3. The van der Waals surface area contributed by atoms with Gasteiger partial charge in [0.15, 0.2) is 5.13 Å². The maximum atomic E-state index is 11.6. The average Bonchev–Trinajstić information content (AvgIpc) is 3.30. The number of pyridine rings is 1. The van der Waals surface area contributed by atoms with Gasteiger partial charge in [0.2, 0.25) is 5.91 Å². The van der Waals surface area contributed by atoms with Crippen LogP contribution in [-0.4, -0.2) is 32.7 Å². The van der Waals surface area contributed by atoms with E-state index in [-0.39, 0.29) is 5.91 Å². The van der Waals surface area contributed by atoms with E-state index >= 15 is 0 Å². The van der Waals surface area contributed by atoms with E-state index in [1.54, 1.807) is 0 Å². The van der Waals surface area contributed by atoms with Crippen molar-refractivity contribution < 1.29 is 4.79 Å². The van der Waals surface area contributed by atoms with Gasteiger partial charge in [0.1, 0.15) is 5.82 Å². The Morgan fingerprint density at radius 3 is 2.75 bits per heavy atom. The van der Waals surface area contributed by atoms with Crippen molar-refractivity contribution >= 4 is 39.8 Å². The number of fused-ring (bicyclic) bond motifs is 3. The van der Waals surface area contributed by atoms with Crippen LogP contribution in [0.3, 0.4) is 0 Å². The highest BCUT2D eigenvalue weighted by Gasteiger charge is 2.29. The Labute approximate surface area is 194 Å². The van der Waals surface area contributed by atoms with Crippen LogP contribution < -0.4 is 10.6 Å². The largest absolute Gasteiger partial charge is 0.373 e. The molecule has 0 saturated carbocycles. The van der Waals surface area contributed by atoms with Crippen LogP contribution in [0.25, 0.3) is 27.5 Å². The summed E-state index contributed by atoms with van der Waals surface area (Å²) >= 11 is 8.06. The molecule has 7 nitrogen and oxygen atoms in total. The number of hydrogen-bond donors (Lipinski definition) is 2. The van der Waals surface area contributed by atoms with Crippen molar-refractivity contribution in [3.8, 4) is 27.5 Å². The number of anilines is 2. The van der Waals surface area contributed by atoms with Gasteiger partial charge in [-0.2, -0.15) is 5.10 Å². The Hall–Kier alpha value is -3.23. The number of benzene rings is 1. The standard InChI is InChI=1S/C23H21ClN6OS/c1-13(31)27-23-28-17-8-5-6-15-20(14-10-11-19(25-2)26-12-14)29-30(21(15)22(17)32-23)18-9-4-3-7-16(18)24/h3-4,7,9-12H,5-6,8H2,1-2H3,(H,25,26)(H,27,28,31). The van der Waals surface area contributed by atoms with Crippen LogP contribution in [0.1, 0.15) is 24.6 Å². The third-order valence-corrected chi connectivity index (χ3v) is 6.73. The third-order valence-electron chi connectivity index (χ3n) is 5.39. The number of halogens is 1. The van der Waals surface area contributed by atoms with Gasteiger partial charge in [0, 0.05) is 31.3 Å². The fourth-order valence-electron chi connectivity index (χ4n) is 3.97. The van der Waals surface area contributed by atoms with Crippen LogP contribution >= 0.6 is 22.9 Å². The summed E-state index contributed by atoms with van der Waals surface area (Å²) in [5, 5.41) is 12.1. The minimum atomic E-state index is -0.134. The number of amides is 1. The van der Waals surface area contributed by atoms with Crippen molar-refractivity contribution in [2.75, 3.05) is 17.7 Å². The summed E-state index contributed by atoms with van der Waals surface area (Å²) in [6.45, 7) is 1.49. The fraction of sp³-hybridized carbons (Fsp3) is 0.217. The summed E-state index contributed by atoms with van der Waals surface area (Å²) in [4.78, 5) is 21.8. The second-order valence-corrected chi connectivity index (χ2v) is 8.96. The van der Waals surface area contributed by atoms with Gasteiger partial charge in [-0.1, -0.05) is 35.1 Å². The molecule has 3 aromatic heterocycles. The highest BCUT2D eigenvalue weighted by molar-refractivity contribution is 7.19. The number of nitrogens with one attached hydrogen (secondary N) is 2. The Kier molecular flexibility index (Phi) is 5.40. The topological polar surface area (TPSA) is 84.7 Å². The molecule has 32 heavy (non-hydrogen) atoms. The Morgan fingerprint density at radius 2 is 2.03 bits per heavy atom. The van der Waals surface area contributed by atoms with E-state index in [9.17, 15) is 4.79 Å². The van der Waals surface area contributed by atoms with E-state index in [2.05, 4.69) is 15.6 Å². The predicted octanol–water partition coefficient (Wildman–Crippen LogP) is 5.20. The lowest BCUT2D eigenvalue weighted by molar-refractivity contribution is -0.114. The van der Waals surface area contributed by atoms with Crippen LogP contribution in [0, 0.1) is 0 Å². The van der Waals surface area contributed by atoms with Gasteiger partial charge in [-0.15, -0.1) is 0 Å². The average molecular weight is 465 g/mol. The molecule has 162 valence electrons. The van der Waals surface area contributed by atoms with Crippen molar-refractivity contribution in [1.82, 2.24) is 19.7 Å². The van der Waals surface area contributed by atoms with Crippen molar-refractivity contribution in [2.24, 2.45) is 0 Å². The molecule has 2 N–H and O–H groups in total. The molecule has 9 heteroatoms. The van der Waals surface area contributed by atoms with Crippen LogP contribution in [0.4, 0.5) is 10.9 Å². The molecule has 0 fully saturated rings. The van der Waals surface area contributed by atoms with Crippen LogP contribution in [0.15, 0.2) is 42.6 Å². The summed E-state index contributed by atoms with van der Waals surface area (Å²) < 4.78 is 1.92. The van der Waals surface area contributed by atoms with Gasteiger partial charge in [0.05, 0.1) is 32.7 Å². The molecule has 1 amide bonds. The fourth-order valence-corrected chi connectivity index (χ4v) is 5.31. The number of hydrogen-bond acceptors (Lipinski definition) is 6. The summed E-state index contributed by atoms with van der Waals surface area (Å²) in [6, 6.07) is 11.6. The normalized spacial score (nSPS) is 12.6. The minimum Gasteiger partial charge on any atom is -0.373 e. The molecule has 1 aliphatic carbocycles. The molecule has 0 spiro atoms. The van der Waals surface area contributed by atoms with E-state index in [1.807, 2.05) is 54.3 Å². The van der Waals surface area contributed by atoms with Gasteiger partial charge in [-0.25, -0.2) is 14.6 Å². The Bertz CT molecular complexity index is 1310. The monoisotopic (exact) mass is 464 g/mol. The first-order chi connectivity index (χ1) is 15.5. The SMILES string of the molecule is CNc1ccc(-c2nn(-c3ccccc3Cl)c3c2CCCc2nc(NC(C)=O)sc2-3)cn1. The quantitative estimate of drug-likeness (QED) is 0.433. The van der Waals surface area contributed by atoms with Crippen LogP contribution in [-0.2, 0) is 17.6 Å². The van der Waals surface area contributed by atoms with E-state index < -0.39 is 0 Å². The molecular weight excluding hydrogens is 444 g/mol. The number of nitrogens with zero attached hydrogens (tertiary/aromatic N) is 4. The van der Waals surface area contributed by atoms with Crippen molar-refractivity contribution in [3.05, 3.63) is 58.9 Å². The minimum absolute atomic E-state index is 0.134. The lowest BCUT2D eigenvalue weighted by atomic mass is 10.0. The second kappa shape index (κ2) is 8.37. The van der Waals surface area contributed by atoms with Gasteiger partial charge >= 0.3 is 0 Å². The summed E-state index contributed by atoms with van der Waals surface area (Å²) in [5.41, 5.74) is 5.73. The number of carbonyl (C=O) groups is 1. The zero-order valence-corrected chi connectivity index (χ0v) is 19.2. The summed E-state index contributed by atoms with van der Waals surface area (Å²) in [7, 11) is 1.85. The Morgan fingerprint density at radius 1 is 1.19 bits per heavy atom. The van der Waals surface area contributed by atoms with E-state index in [0.717, 1.165) is 63.9 Å². The van der Waals surface area contributed by atoms with Crippen molar-refractivity contribution in [1.29, 1.82) is 0 Å². The second-order valence-electron chi connectivity index (χ2n) is 7.55. The number of carbonyl (C=O) groups excluding carboxylic acids is 1. The molecule has 0 saturated heterocycles. The summed E-state index contributed by atoms with van der Waals surface area (Å²) in [6.07, 6.45) is 4.47. The van der Waals surface area contributed by atoms with E-state index in [0.29, 0.717) is 10.2 Å². The number of rotatable bonds is 4. The van der Waals surface area contributed by atoms with E-state index in [1.165, 1.54) is 18.3 Å². The van der Waals surface area contributed by atoms with Gasteiger partial charge in [-0.05, 0) is 43.5 Å². The van der Waals surface area contributed by atoms with Gasteiger partial charge < -0.3 is 10.6 Å². The van der Waals surface area contributed by atoms with Crippen molar-refractivity contribution in [3.63, 3.8) is 0 Å². The number of aryl methyl sites for hydroxylation is 1. The predicted molar refractivity (Wildman–Crippen MR) is 129 cm³/mol. The molecule has 1 aliphatic rings. The molecular formula is C23H21ClN6OS. The number of aromatic nitrogens is 4. The molecule has 4 aromatic rings. The number of thiazole rings is 1. The third kappa shape index (κ3) is 3.65. The molecule has 0 radical (unpaired) electrons. The molecule has 5 rings (SSSR count). The molecule has 0 atom stereocenters. The first kappa shape index (κ1) is 20.7. The zero-order valence-electron chi connectivity index (χ0n) is 17.6. The maximum Gasteiger partial charge on any atom is 0.223 e. The van der Waals surface area contributed by atoms with E-state index in [4.69, 9.17) is 21.7 Å². The maximum absolute atomic E-state index is 11.6. The number of para-hydroxylation sites is 1. The van der Waals surface area contributed by atoms with Gasteiger partial charge in [-0.3, -0.25) is 4.79 Å². The van der Waals surface area contributed by atoms with Crippen molar-refractivity contribution in [2.45, 2.75) is 26.2 Å². The van der Waals surface area contributed by atoms with Crippen LogP contribution in [0.5, 0.6) is 0 Å². The van der Waals surface area contributed by atoms with Gasteiger partial charge in [0.25, 0.3) is 0 Å². The highest BCUT2D eigenvalue weighted by atomic mass is 35.5. The molecule has 0 unspecified atom stereocenters. The van der Waals surface area contributed by atoms with Crippen LogP contribution in [0.2, 0.25) is 5.02 Å². The Balaban J connectivity index is 1.76. The lowest BCUT2D eigenvalue weighted by Crippen LogP contribution is -2.05. The molecule has 1 aromatic carbocycles. The summed E-state index contributed by atoms with van der Waals surface area (Å²) in [5.74, 6) is 0.667. The molecule has 3 heterocycles. The lowest BCUT2D eigenvalue weighted by Gasteiger charge is -2.09.